The van der Waals surface area contributed by atoms with E-state index < -0.39 is 0 Å². The average molecular weight is 340 g/mol. The highest BCUT2D eigenvalue weighted by Crippen LogP contribution is 2.24. The number of aromatic nitrogens is 2. The molecule has 20 heavy (non-hydrogen) atoms. The number of nitrogens with zero attached hydrogens (tertiary/aromatic N) is 2. The van der Waals surface area contributed by atoms with E-state index in [0.29, 0.717) is 4.47 Å². The first-order chi connectivity index (χ1) is 9.51. The third-order valence-electron chi connectivity index (χ3n) is 3.31. The molecule has 0 bridgehead atoms. The summed E-state index contributed by atoms with van der Waals surface area (Å²) in [6, 6.07) is 7.40. The first-order valence-corrected chi connectivity index (χ1v) is 7.48. The Morgan fingerprint density at radius 3 is 2.70 bits per heavy atom. The lowest BCUT2D eigenvalue weighted by Gasteiger charge is -2.19. The first kappa shape index (κ1) is 15.2. The first-order valence-electron chi connectivity index (χ1n) is 6.69. The molecule has 1 aromatic carbocycles. The summed E-state index contributed by atoms with van der Waals surface area (Å²) in [5.41, 5.74) is 3.24. The predicted molar refractivity (Wildman–Crippen MR) is 82.2 cm³/mol. The zero-order valence-electron chi connectivity index (χ0n) is 12.0. The Morgan fingerprint density at radius 1 is 1.40 bits per heavy atom. The molecule has 0 radical (unpaired) electrons. The summed E-state index contributed by atoms with van der Waals surface area (Å²) in [4.78, 5) is 0. The van der Waals surface area contributed by atoms with Crippen molar-refractivity contribution in [2.75, 3.05) is 6.54 Å². The molecule has 2 rings (SSSR count). The maximum Gasteiger partial charge on any atom is 0.137 e. The highest BCUT2D eigenvalue weighted by molar-refractivity contribution is 9.10. The van der Waals surface area contributed by atoms with Crippen LogP contribution in [-0.4, -0.2) is 16.3 Å². The zero-order valence-corrected chi connectivity index (χ0v) is 13.5. The molecule has 0 aliphatic heterocycles. The van der Waals surface area contributed by atoms with Gasteiger partial charge in [0, 0.05) is 25.2 Å². The molecule has 1 aromatic heterocycles. The molecule has 0 amide bonds. The number of aryl methyl sites for hydroxylation is 2. The van der Waals surface area contributed by atoms with Gasteiger partial charge in [0.15, 0.2) is 0 Å². The molecule has 0 fully saturated rings. The second kappa shape index (κ2) is 6.50. The quantitative estimate of drug-likeness (QED) is 0.903. The molecule has 0 spiro atoms. The maximum atomic E-state index is 13.4. The predicted octanol–water partition coefficient (Wildman–Crippen LogP) is 3.52. The fourth-order valence-electron chi connectivity index (χ4n) is 2.35. The van der Waals surface area contributed by atoms with E-state index in [0.717, 1.165) is 29.9 Å². The molecular weight excluding hydrogens is 321 g/mol. The summed E-state index contributed by atoms with van der Waals surface area (Å²) in [6.07, 6.45) is 0.823. The SMILES string of the molecule is CCNC(Cc1cc(C)nn1C)c1ccc(F)c(Br)c1. The summed E-state index contributed by atoms with van der Waals surface area (Å²) in [5, 5.41) is 7.82. The lowest BCUT2D eigenvalue weighted by atomic mass is 10.0. The van der Waals surface area contributed by atoms with Gasteiger partial charge in [-0.3, -0.25) is 4.68 Å². The fourth-order valence-corrected chi connectivity index (χ4v) is 2.74. The summed E-state index contributed by atoms with van der Waals surface area (Å²) in [5.74, 6) is -0.236. The van der Waals surface area contributed by atoms with E-state index in [4.69, 9.17) is 0 Å². The van der Waals surface area contributed by atoms with Gasteiger partial charge in [0.25, 0.3) is 0 Å². The monoisotopic (exact) mass is 339 g/mol. The van der Waals surface area contributed by atoms with Crippen molar-refractivity contribution in [3.8, 4) is 0 Å². The molecule has 0 aliphatic carbocycles. The van der Waals surface area contributed by atoms with Crippen LogP contribution >= 0.6 is 15.9 Å². The van der Waals surface area contributed by atoms with Crippen LogP contribution in [0.1, 0.15) is 29.9 Å². The normalized spacial score (nSPS) is 12.7. The van der Waals surface area contributed by atoms with Crippen LogP contribution in [0.2, 0.25) is 0 Å². The van der Waals surface area contributed by atoms with Gasteiger partial charge in [-0.1, -0.05) is 13.0 Å². The number of nitrogens with one attached hydrogen (secondary N) is 1. The van der Waals surface area contributed by atoms with Crippen LogP contribution in [0.5, 0.6) is 0 Å². The summed E-state index contributed by atoms with van der Waals surface area (Å²) < 4.78 is 15.8. The van der Waals surface area contributed by atoms with Gasteiger partial charge in [0.05, 0.1) is 10.2 Å². The van der Waals surface area contributed by atoms with Gasteiger partial charge < -0.3 is 5.32 Å². The molecule has 5 heteroatoms. The molecule has 0 aliphatic rings. The van der Waals surface area contributed by atoms with E-state index in [1.54, 1.807) is 0 Å². The zero-order chi connectivity index (χ0) is 14.7. The Kier molecular flexibility index (Phi) is 4.94. The number of likely N-dealkylation sites (N-methyl/N-ethyl adjacent to an activating group) is 1. The maximum absolute atomic E-state index is 13.4. The van der Waals surface area contributed by atoms with E-state index in [-0.39, 0.29) is 11.9 Å². The van der Waals surface area contributed by atoms with Crippen LogP contribution in [0.3, 0.4) is 0 Å². The second-order valence-corrected chi connectivity index (χ2v) is 5.74. The van der Waals surface area contributed by atoms with Gasteiger partial charge >= 0.3 is 0 Å². The summed E-state index contributed by atoms with van der Waals surface area (Å²) >= 11 is 3.25. The molecule has 2 aromatic rings. The average Bonchev–Trinajstić information content (AvgIpc) is 2.71. The highest BCUT2D eigenvalue weighted by Gasteiger charge is 2.15. The number of halogens is 2. The standard InChI is InChI=1S/C15H19BrFN3/c1-4-18-15(9-12-7-10(2)19-20(12)3)11-5-6-14(17)13(16)8-11/h5-8,15,18H,4,9H2,1-3H3. The number of benzene rings is 1. The van der Waals surface area contributed by atoms with Crippen molar-refractivity contribution < 1.29 is 4.39 Å². The minimum Gasteiger partial charge on any atom is -0.310 e. The Morgan fingerprint density at radius 2 is 2.15 bits per heavy atom. The Hall–Kier alpha value is -1.20. The van der Waals surface area contributed by atoms with Crippen molar-refractivity contribution in [3.63, 3.8) is 0 Å². The van der Waals surface area contributed by atoms with Crippen molar-refractivity contribution in [2.24, 2.45) is 7.05 Å². The van der Waals surface area contributed by atoms with E-state index >= 15 is 0 Å². The Labute approximate surface area is 127 Å². The molecule has 1 atom stereocenters. The molecule has 1 heterocycles. The van der Waals surface area contributed by atoms with Gasteiger partial charge in [-0.2, -0.15) is 5.10 Å². The molecule has 0 saturated carbocycles. The molecule has 108 valence electrons. The number of rotatable bonds is 5. The van der Waals surface area contributed by atoms with Crippen molar-refractivity contribution in [2.45, 2.75) is 26.3 Å². The van der Waals surface area contributed by atoms with Crippen LogP contribution in [-0.2, 0) is 13.5 Å². The van der Waals surface area contributed by atoms with Crippen LogP contribution in [0, 0.1) is 12.7 Å². The Bertz CT molecular complexity index is 595. The second-order valence-electron chi connectivity index (χ2n) is 4.89. The van der Waals surface area contributed by atoms with Crippen LogP contribution < -0.4 is 5.32 Å². The van der Waals surface area contributed by atoms with Crippen molar-refractivity contribution >= 4 is 15.9 Å². The van der Waals surface area contributed by atoms with Gasteiger partial charge in [-0.25, -0.2) is 4.39 Å². The van der Waals surface area contributed by atoms with Gasteiger partial charge in [-0.15, -0.1) is 0 Å². The third-order valence-corrected chi connectivity index (χ3v) is 3.92. The smallest absolute Gasteiger partial charge is 0.137 e. The lowest BCUT2D eigenvalue weighted by molar-refractivity contribution is 0.526. The summed E-state index contributed by atoms with van der Waals surface area (Å²) in [7, 11) is 1.95. The lowest BCUT2D eigenvalue weighted by Crippen LogP contribution is -2.24. The van der Waals surface area contributed by atoms with Crippen molar-refractivity contribution in [1.82, 2.24) is 15.1 Å². The number of hydrogen-bond donors (Lipinski definition) is 1. The van der Waals surface area contributed by atoms with Crippen molar-refractivity contribution in [1.29, 1.82) is 0 Å². The fraction of sp³-hybridized carbons (Fsp3) is 0.400. The van der Waals surface area contributed by atoms with Crippen LogP contribution in [0.25, 0.3) is 0 Å². The van der Waals surface area contributed by atoms with Gasteiger partial charge in [0.2, 0.25) is 0 Å². The molecule has 1 unspecified atom stereocenters. The van der Waals surface area contributed by atoms with Gasteiger partial charge in [0.1, 0.15) is 5.82 Å². The van der Waals surface area contributed by atoms with Crippen molar-refractivity contribution in [3.05, 3.63) is 51.5 Å². The highest BCUT2D eigenvalue weighted by atomic mass is 79.9. The minimum atomic E-state index is -0.236. The Balaban J connectivity index is 2.26. The molecule has 1 N–H and O–H groups in total. The van der Waals surface area contributed by atoms with E-state index in [1.165, 1.54) is 6.07 Å². The van der Waals surface area contributed by atoms with Crippen LogP contribution in [0.15, 0.2) is 28.7 Å². The number of hydrogen-bond acceptors (Lipinski definition) is 2. The van der Waals surface area contributed by atoms with Crippen LogP contribution in [0.4, 0.5) is 4.39 Å². The van der Waals surface area contributed by atoms with E-state index in [1.807, 2.05) is 30.8 Å². The van der Waals surface area contributed by atoms with E-state index in [2.05, 4.69) is 39.3 Å². The molecule has 0 saturated heterocycles. The largest absolute Gasteiger partial charge is 0.310 e. The molecular formula is C15H19BrFN3. The third kappa shape index (κ3) is 3.46. The summed E-state index contributed by atoms with van der Waals surface area (Å²) in [6.45, 7) is 4.91. The minimum absolute atomic E-state index is 0.145. The topological polar surface area (TPSA) is 29.9 Å². The molecule has 3 nitrogen and oxygen atoms in total. The van der Waals surface area contributed by atoms with Gasteiger partial charge in [-0.05, 0) is 53.2 Å². The van der Waals surface area contributed by atoms with E-state index in [9.17, 15) is 4.39 Å².